The quantitative estimate of drug-likeness (QED) is 0.797. The molecule has 0 saturated carbocycles. The molecular formula is C17H21N3O. The Labute approximate surface area is 125 Å². The molecule has 4 heteroatoms. The molecule has 1 aromatic heterocycles. The molecular weight excluding hydrogens is 262 g/mol. The van der Waals surface area contributed by atoms with Crippen LogP contribution < -0.4 is 5.32 Å². The van der Waals surface area contributed by atoms with Crippen molar-refractivity contribution in [1.29, 1.82) is 0 Å². The number of benzene rings is 1. The smallest absolute Gasteiger partial charge is 0.0659 e. The minimum Gasteiger partial charge on any atom is -0.396 e. The van der Waals surface area contributed by atoms with Gasteiger partial charge in [0.25, 0.3) is 0 Å². The first kappa shape index (κ1) is 14.0. The van der Waals surface area contributed by atoms with Crippen LogP contribution in [0.5, 0.6) is 0 Å². The molecule has 1 aromatic carbocycles. The molecule has 1 aliphatic rings. The van der Waals surface area contributed by atoms with Crippen molar-refractivity contribution in [3.63, 3.8) is 0 Å². The van der Waals surface area contributed by atoms with Gasteiger partial charge in [0, 0.05) is 36.9 Å². The largest absolute Gasteiger partial charge is 0.396 e. The molecule has 0 saturated heterocycles. The van der Waals surface area contributed by atoms with Gasteiger partial charge in [-0.2, -0.15) is 5.10 Å². The number of nitrogens with zero attached hydrogens (tertiary/aromatic N) is 2. The number of rotatable bonds is 6. The van der Waals surface area contributed by atoms with Crippen molar-refractivity contribution >= 4 is 0 Å². The zero-order valence-electron chi connectivity index (χ0n) is 12.0. The SMILES string of the molecule is OC[C@H]1C=C[C@@H](NCc2cnn(Cc3ccccc3)c2)C1. The second-order valence-electron chi connectivity index (χ2n) is 5.58. The number of hydrogen-bond donors (Lipinski definition) is 2. The van der Waals surface area contributed by atoms with Crippen LogP contribution in [0.4, 0.5) is 0 Å². The maximum absolute atomic E-state index is 9.12. The molecule has 0 aliphatic heterocycles. The van der Waals surface area contributed by atoms with E-state index in [2.05, 4.69) is 40.9 Å². The van der Waals surface area contributed by atoms with Crippen molar-refractivity contribution in [2.24, 2.45) is 5.92 Å². The lowest BCUT2D eigenvalue weighted by Gasteiger charge is -2.11. The van der Waals surface area contributed by atoms with Crippen molar-refractivity contribution in [2.45, 2.75) is 25.6 Å². The predicted molar refractivity (Wildman–Crippen MR) is 82.7 cm³/mol. The summed E-state index contributed by atoms with van der Waals surface area (Å²) in [5.74, 6) is 0.309. The molecule has 21 heavy (non-hydrogen) atoms. The van der Waals surface area contributed by atoms with Crippen LogP contribution in [0, 0.1) is 5.92 Å². The van der Waals surface area contributed by atoms with Crippen LogP contribution in [0.3, 0.4) is 0 Å². The van der Waals surface area contributed by atoms with E-state index in [9.17, 15) is 0 Å². The summed E-state index contributed by atoms with van der Waals surface area (Å²) in [6.07, 6.45) is 9.22. The van der Waals surface area contributed by atoms with Gasteiger partial charge in [0.15, 0.2) is 0 Å². The van der Waals surface area contributed by atoms with Gasteiger partial charge in [-0.25, -0.2) is 0 Å². The molecule has 110 valence electrons. The van der Waals surface area contributed by atoms with Crippen LogP contribution in [0.1, 0.15) is 17.5 Å². The number of aliphatic hydroxyl groups excluding tert-OH is 1. The number of aromatic nitrogens is 2. The Morgan fingerprint density at radius 3 is 2.81 bits per heavy atom. The summed E-state index contributed by atoms with van der Waals surface area (Å²) >= 11 is 0. The molecule has 2 aromatic rings. The van der Waals surface area contributed by atoms with Gasteiger partial charge in [0.05, 0.1) is 12.7 Å². The van der Waals surface area contributed by atoms with Gasteiger partial charge >= 0.3 is 0 Å². The van der Waals surface area contributed by atoms with Crippen molar-refractivity contribution in [2.75, 3.05) is 6.61 Å². The second kappa shape index (κ2) is 6.70. The average molecular weight is 283 g/mol. The van der Waals surface area contributed by atoms with Gasteiger partial charge < -0.3 is 10.4 Å². The summed E-state index contributed by atoms with van der Waals surface area (Å²) in [4.78, 5) is 0. The van der Waals surface area contributed by atoms with Crippen molar-refractivity contribution in [3.05, 3.63) is 66.0 Å². The summed E-state index contributed by atoms with van der Waals surface area (Å²) in [6, 6.07) is 10.7. The molecule has 0 amide bonds. The van der Waals surface area contributed by atoms with E-state index in [1.54, 1.807) is 0 Å². The van der Waals surface area contributed by atoms with Crippen LogP contribution in [0.15, 0.2) is 54.9 Å². The first-order chi connectivity index (χ1) is 10.3. The summed E-state index contributed by atoms with van der Waals surface area (Å²) < 4.78 is 1.97. The minimum absolute atomic E-state index is 0.240. The maximum Gasteiger partial charge on any atom is 0.0659 e. The van der Waals surface area contributed by atoms with E-state index in [0.29, 0.717) is 12.0 Å². The minimum atomic E-state index is 0.240. The standard InChI is InChI=1S/C17H21N3O/c21-13-15-6-7-17(8-15)18-9-16-10-19-20(12-16)11-14-4-2-1-3-5-14/h1-7,10,12,15,17-18,21H,8-9,11,13H2/t15-,17+/m0/s1. The van der Waals surface area contributed by atoms with E-state index < -0.39 is 0 Å². The fourth-order valence-electron chi connectivity index (χ4n) is 2.66. The lowest BCUT2D eigenvalue weighted by molar-refractivity contribution is 0.246. The Morgan fingerprint density at radius 1 is 1.19 bits per heavy atom. The monoisotopic (exact) mass is 283 g/mol. The fourth-order valence-corrected chi connectivity index (χ4v) is 2.66. The first-order valence-corrected chi connectivity index (χ1v) is 7.41. The highest BCUT2D eigenvalue weighted by atomic mass is 16.3. The van der Waals surface area contributed by atoms with Crippen LogP contribution in [0.2, 0.25) is 0 Å². The molecule has 1 aliphatic carbocycles. The van der Waals surface area contributed by atoms with E-state index in [1.165, 1.54) is 11.1 Å². The molecule has 0 fully saturated rings. The number of nitrogens with one attached hydrogen (secondary N) is 1. The van der Waals surface area contributed by atoms with Crippen molar-refractivity contribution < 1.29 is 5.11 Å². The molecule has 2 N–H and O–H groups in total. The van der Waals surface area contributed by atoms with Crippen LogP contribution >= 0.6 is 0 Å². The third-order valence-electron chi connectivity index (χ3n) is 3.85. The Kier molecular flexibility index (Phi) is 4.48. The lowest BCUT2D eigenvalue weighted by Crippen LogP contribution is -2.25. The summed E-state index contributed by atoms with van der Waals surface area (Å²) in [5.41, 5.74) is 2.44. The molecule has 0 unspecified atom stereocenters. The summed E-state index contributed by atoms with van der Waals surface area (Å²) in [7, 11) is 0. The molecule has 4 nitrogen and oxygen atoms in total. The number of aliphatic hydroxyl groups is 1. The second-order valence-corrected chi connectivity index (χ2v) is 5.58. The van der Waals surface area contributed by atoms with E-state index >= 15 is 0 Å². The molecule has 2 atom stereocenters. The first-order valence-electron chi connectivity index (χ1n) is 7.41. The highest BCUT2D eigenvalue weighted by Gasteiger charge is 2.17. The van der Waals surface area contributed by atoms with Gasteiger partial charge in [-0.1, -0.05) is 42.5 Å². The molecule has 3 rings (SSSR count). The highest BCUT2D eigenvalue weighted by molar-refractivity contribution is 5.16. The Bertz CT molecular complexity index is 591. The molecule has 0 spiro atoms. The van der Waals surface area contributed by atoms with E-state index in [4.69, 9.17) is 5.11 Å². The Balaban J connectivity index is 1.50. The van der Waals surface area contributed by atoms with Crippen molar-refractivity contribution in [1.82, 2.24) is 15.1 Å². The van der Waals surface area contributed by atoms with E-state index in [0.717, 1.165) is 19.5 Å². The molecule has 0 radical (unpaired) electrons. The van der Waals surface area contributed by atoms with Gasteiger partial charge in [0.2, 0.25) is 0 Å². The van der Waals surface area contributed by atoms with Gasteiger partial charge in [-0.15, -0.1) is 0 Å². The van der Waals surface area contributed by atoms with Gasteiger partial charge in [-0.05, 0) is 12.0 Å². The van der Waals surface area contributed by atoms with E-state index in [-0.39, 0.29) is 6.61 Å². The zero-order valence-corrected chi connectivity index (χ0v) is 12.0. The third-order valence-corrected chi connectivity index (χ3v) is 3.85. The zero-order chi connectivity index (χ0) is 14.5. The fraction of sp³-hybridized carbons (Fsp3) is 0.353. The Hall–Kier alpha value is -1.91. The topological polar surface area (TPSA) is 50.1 Å². The predicted octanol–water partition coefficient (Wildman–Crippen LogP) is 1.96. The van der Waals surface area contributed by atoms with Crippen molar-refractivity contribution in [3.8, 4) is 0 Å². The lowest BCUT2D eigenvalue weighted by atomic mass is 10.1. The van der Waals surface area contributed by atoms with E-state index in [1.807, 2.05) is 29.1 Å². The normalized spacial score (nSPS) is 21.0. The highest BCUT2D eigenvalue weighted by Crippen LogP contribution is 2.17. The average Bonchev–Trinajstić information content (AvgIpc) is 3.15. The third kappa shape index (κ3) is 3.80. The van der Waals surface area contributed by atoms with Crippen LogP contribution in [-0.2, 0) is 13.1 Å². The summed E-state index contributed by atoms with van der Waals surface area (Å²) in [6.45, 7) is 1.85. The van der Waals surface area contributed by atoms with Crippen LogP contribution in [-0.4, -0.2) is 27.5 Å². The number of hydrogen-bond acceptors (Lipinski definition) is 3. The molecule has 0 bridgehead atoms. The van der Waals surface area contributed by atoms with Crippen LogP contribution in [0.25, 0.3) is 0 Å². The van der Waals surface area contributed by atoms with Gasteiger partial charge in [-0.3, -0.25) is 4.68 Å². The maximum atomic E-state index is 9.12. The summed E-state index contributed by atoms with van der Waals surface area (Å²) in [5, 5.41) is 17.0. The van der Waals surface area contributed by atoms with Gasteiger partial charge in [0.1, 0.15) is 0 Å². The molecule has 1 heterocycles. The Morgan fingerprint density at radius 2 is 2.05 bits per heavy atom.